The van der Waals surface area contributed by atoms with Crippen LogP contribution < -0.4 is 5.32 Å². The van der Waals surface area contributed by atoms with E-state index in [0.717, 1.165) is 16.7 Å². The summed E-state index contributed by atoms with van der Waals surface area (Å²) >= 11 is 6.04. The molecule has 1 amide bonds. The van der Waals surface area contributed by atoms with Crippen LogP contribution in [0.3, 0.4) is 0 Å². The van der Waals surface area contributed by atoms with Crippen molar-refractivity contribution in [2.24, 2.45) is 0 Å². The first-order valence-corrected chi connectivity index (χ1v) is 8.05. The van der Waals surface area contributed by atoms with Gasteiger partial charge in [0, 0.05) is 16.7 Å². The van der Waals surface area contributed by atoms with Crippen molar-refractivity contribution in [1.29, 1.82) is 0 Å². The average Bonchev–Trinajstić information content (AvgIpc) is 3.05. The molecular formula is C19H16ClN3O2. The highest BCUT2D eigenvalue weighted by atomic mass is 35.5. The van der Waals surface area contributed by atoms with Gasteiger partial charge < -0.3 is 4.42 Å². The van der Waals surface area contributed by atoms with E-state index >= 15 is 0 Å². The highest BCUT2D eigenvalue weighted by Crippen LogP contribution is 2.22. The number of anilines is 1. The molecule has 0 bridgehead atoms. The van der Waals surface area contributed by atoms with Crippen molar-refractivity contribution in [1.82, 2.24) is 10.2 Å². The van der Waals surface area contributed by atoms with Gasteiger partial charge in [0.15, 0.2) is 0 Å². The van der Waals surface area contributed by atoms with E-state index in [1.807, 2.05) is 50.2 Å². The normalized spacial score (nSPS) is 11.0. The smallest absolute Gasteiger partial charge is 0.322 e. The molecule has 0 radical (unpaired) electrons. The third-order valence-corrected chi connectivity index (χ3v) is 4.07. The van der Waals surface area contributed by atoms with Gasteiger partial charge in [-0.1, -0.05) is 41.0 Å². The number of nitrogens with one attached hydrogen (secondary N) is 1. The molecule has 1 N–H and O–H groups in total. The predicted octanol–water partition coefficient (Wildman–Crippen LogP) is 4.66. The lowest BCUT2D eigenvalue weighted by atomic mass is 10.1. The van der Waals surface area contributed by atoms with Crippen molar-refractivity contribution in [3.63, 3.8) is 0 Å². The lowest BCUT2D eigenvalue weighted by Crippen LogP contribution is -2.07. The zero-order valence-corrected chi connectivity index (χ0v) is 14.5. The van der Waals surface area contributed by atoms with Crippen molar-refractivity contribution in [3.05, 3.63) is 70.3 Å². The number of aromatic nitrogens is 2. The Hall–Kier alpha value is -2.92. The molecule has 0 aliphatic heterocycles. The van der Waals surface area contributed by atoms with Gasteiger partial charge in [0.05, 0.1) is 0 Å². The number of aryl methyl sites for hydroxylation is 2. The summed E-state index contributed by atoms with van der Waals surface area (Å²) in [7, 11) is 0. The third-order valence-electron chi connectivity index (χ3n) is 3.73. The summed E-state index contributed by atoms with van der Waals surface area (Å²) in [6, 6.07) is 13.1. The van der Waals surface area contributed by atoms with Gasteiger partial charge >= 0.3 is 6.01 Å². The van der Waals surface area contributed by atoms with E-state index in [-0.39, 0.29) is 11.9 Å². The van der Waals surface area contributed by atoms with E-state index in [0.29, 0.717) is 10.9 Å². The van der Waals surface area contributed by atoms with Crippen LogP contribution in [0.25, 0.3) is 17.5 Å². The Bertz CT molecular complexity index is 947. The molecule has 0 fully saturated rings. The Morgan fingerprint density at radius 3 is 2.68 bits per heavy atom. The van der Waals surface area contributed by atoms with E-state index in [9.17, 15) is 4.79 Å². The standard InChI is InChI=1S/C19H16ClN3O2/c1-12-7-8-15(11-13(12)2)18-22-23-19(25-18)21-17(24)10-9-14-5-3-4-6-16(14)20/h3-11H,1-2H3,(H,21,23,24)/b10-9+. The first-order chi connectivity index (χ1) is 12.0. The van der Waals surface area contributed by atoms with Crippen LogP contribution in [-0.4, -0.2) is 16.1 Å². The molecule has 0 atom stereocenters. The third kappa shape index (κ3) is 4.14. The Kier molecular flexibility index (Phi) is 4.95. The molecule has 25 heavy (non-hydrogen) atoms. The Morgan fingerprint density at radius 1 is 1.12 bits per heavy atom. The van der Waals surface area contributed by atoms with Crippen molar-refractivity contribution in [3.8, 4) is 11.5 Å². The molecule has 1 heterocycles. The van der Waals surface area contributed by atoms with E-state index < -0.39 is 0 Å². The van der Waals surface area contributed by atoms with Gasteiger partial charge in [-0.05, 0) is 54.8 Å². The zero-order valence-electron chi connectivity index (χ0n) is 13.8. The van der Waals surface area contributed by atoms with Gasteiger partial charge in [0.2, 0.25) is 5.89 Å². The van der Waals surface area contributed by atoms with Gasteiger partial charge in [-0.2, -0.15) is 0 Å². The average molecular weight is 354 g/mol. The first kappa shape index (κ1) is 16.9. The second kappa shape index (κ2) is 7.32. The van der Waals surface area contributed by atoms with Crippen molar-refractivity contribution in [2.45, 2.75) is 13.8 Å². The van der Waals surface area contributed by atoms with Crippen LogP contribution in [0, 0.1) is 13.8 Å². The monoisotopic (exact) mass is 353 g/mol. The second-order valence-corrected chi connectivity index (χ2v) is 5.96. The molecule has 126 valence electrons. The number of nitrogens with zero attached hydrogens (tertiary/aromatic N) is 2. The molecule has 3 aromatic rings. The number of amides is 1. The topological polar surface area (TPSA) is 68.0 Å². The van der Waals surface area contributed by atoms with Crippen LogP contribution in [0.4, 0.5) is 6.01 Å². The molecule has 2 aromatic carbocycles. The molecule has 0 spiro atoms. The van der Waals surface area contributed by atoms with Gasteiger partial charge in [-0.15, -0.1) is 5.10 Å². The van der Waals surface area contributed by atoms with E-state index in [2.05, 4.69) is 15.5 Å². The number of benzene rings is 2. The SMILES string of the molecule is Cc1ccc(-c2nnc(NC(=O)/C=C/c3ccccc3Cl)o2)cc1C. The molecule has 0 aliphatic rings. The fourth-order valence-corrected chi connectivity index (χ4v) is 2.39. The Labute approximate surface area is 150 Å². The second-order valence-electron chi connectivity index (χ2n) is 5.56. The van der Waals surface area contributed by atoms with Crippen LogP contribution in [0.15, 0.2) is 53.0 Å². The molecule has 0 unspecified atom stereocenters. The molecule has 1 aromatic heterocycles. The van der Waals surface area contributed by atoms with E-state index in [4.69, 9.17) is 16.0 Å². The first-order valence-electron chi connectivity index (χ1n) is 7.67. The van der Waals surface area contributed by atoms with Crippen LogP contribution in [0.1, 0.15) is 16.7 Å². The van der Waals surface area contributed by atoms with Crippen molar-refractivity contribution in [2.75, 3.05) is 5.32 Å². The fourth-order valence-electron chi connectivity index (χ4n) is 2.19. The molecule has 3 rings (SSSR count). The lowest BCUT2D eigenvalue weighted by Gasteiger charge is -2.01. The quantitative estimate of drug-likeness (QED) is 0.693. The number of hydrogen-bond acceptors (Lipinski definition) is 4. The van der Waals surface area contributed by atoms with Crippen molar-refractivity contribution >= 4 is 29.6 Å². The zero-order chi connectivity index (χ0) is 17.8. The summed E-state index contributed by atoms with van der Waals surface area (Å²) in [6.45, 7) is 4.04. The Morgan fingerprint density at radius 2 is 1.92 bits per heavy atom. The summed E-state index contributed by atoms with van der Waals surface area (Å²) < 4.78 is 5.50. The van der Waals surface area contributed by atoms with Crippen molar-refractivity contribution < 1.29 is 9.21 Å². The number of carbonyl (C=O) groups is 1. The van der Waals surface area contributed by atoms with Crippen LogP contribution in [0.5, 0.6) is 0 Å². The predicted molar refractivity (Wildman–Crippen MR) is 98.3 cm³/mol. The van der Waals surface area contributed by atoms with Gasteiger partial charge in [0.1, 0.15) is 0 Å². The summed E-state index contributed by atoms with van der Waals surface area (Å²) in [4.78, 5) is 12.0. The largest absolute Gasteiger partial charge is 0.403 e. The van der Waals surface area contributed by atoms with Gasteiger partial charge in [0.25, 0.3) is 5.91 Å². The summed E-state index contributed by atoms with van der Waals surface area (Å²) in [6.07, 6.45) is 2.99. The molecule has 0 saturated heterocycles. The summed E-state index contributed by atoms with van der Waals surface area (Å²) in [5, 5.41) is 10.9. The van der Waals surface area contributed by atoms with Gasteiger partial charge in [-0.25, -0.2) is 0 Å². The number of carbonyl (C=O) groups excluding carboxylic acids is 1. The minimum Gasteiger partial charge on any atom is -0.403 e. The van der Waals surface area contributed by atoms with E-state index in [1.165, 1.54) is 11.6 Å². The van der Waals surface area contributed by atoms with Crippen LogP contribution >= 0.6 is 11.6 Å². The Balaban J connectivity index is 1.69. The number of hydrogen-bond donors (Lipinski definition) is 1. The molecule has 0 saturated carbocycles. The molecular weight excluding hydrogens is 338 g/mol. The minimum absolute atomic E-state index is 0.0436. The molecule has 6 heteroatoms. The maximum Gasteiger partial charge on any atom is 0.322 e. The van der Waals surface area contributed by atoms with Gasteiger partial charge in [-0.3, -0.25) is 10.1 Å². The summed E-state index contributed by atoms with van der Waals surface area (Å²) in [5.41, 5.74) is 3.87. The number of halogens is 1. The highest BCUT2D eigenvalue weighted by molar-refractivity contribution is 6.32. The highest BCUT2D eigenvalue weighted by Gasteiger charge is 2.10. The minimum atomic E-state index is -0.379. The van der Waals surface area contributed by atoms with Crippen LogP contribution in [0.2, 0.25) is 5.02 Å². The molecule has 0 aliphatic carbocycles. The summed E-state index contributed by atoms with van der Waals surface area (Å²) in [5.74, 6) is -0.0244. The number of rotatable bonds is 4. The molecule has 5 nitrogen and oxygen atoms in total. The maximum absolute atomic E-state index is 12.0. The fraction of sp³-hybridized carbons (Fsp3) is 0.105. The lowest BCUT2D eigenvalue weighted by molar-refractivity contribution is -0.112. The van der Waals surface area contributed by atoms with E-state index in [1.54, 1.807) is 12.1 Å². The van der Waals surface area contributed by atoms with Crippen LogP contribution in [-0.2, 0) is 4.79 Å². The maximum atomic E-state index is 12.0.